The average molecular weight is 283 g/mol. The molecule has 1 aromatic rings. The van der Waals surface area contributed by atoms with Gasteiger partial charge in [0.2, 0.25) is 0 Å². The number of nitrogens with two attached hydrogens (primary N) is 1. The van der Waals surface area contributed by atoms with Gasteiger partial charge in [-0.2, -0.15) is 0 Å². The first-order valence-electron chi connectivity index (χ1n) is 7.27. The third-order valence-corrected chi connectivity index (χ3v) is 3.67. The molecule has 1 unspecified atom stereocenters. The Bertz CT molecular complexity index is 390. The summed E-state index contributed by atoms with van der Waals surface area (Å²) >= 11 is 6.43. The monoisotopic (exact) mass is 282 g/mol. The fraction of sp³-hybridized carbons (Fsp3) is 0.625. The number of benzene rings is 1. The van der Waals surface area contributed by atoms with Gasteiger partial charge in [0.05, 0.1) is 10.7 Å². The zero-order valence-corrected chi connectivity index (χ0v) is 13.4. The van der Waals surface area contributed by atoms with E-state index < -0.39 is 0 Å². The summed E-state index contributed by atoms with van der Waals surface area (Å²) in [6.07, 6.45) is 1.88. The Kier molecular flexibility index (Phi) is 6.67. The summed E-state index contributed by atoms with van der Waals surface area (Å²) in [6.45, 7) is 10.8. The van der Waals surface area contributed by atoms with Crippen molar-refractivity contribution in [3.8, 4) is 0 Å². The first kappa shape index (κ1) is 16.3. The van der Waals surface area contributed by atoms with Gasteiger partial charge in [0.25, 0.3) is 0 Å². The molecule has 0 saturated carbocycles. The average Bonchev–Trinajstić information content (AvgIpc) is 2.36. The van der Waals surface area contributed by atoms with Gasteiger partial charge in [0.15, 0.2) is 0 Å². The molecule has 3 heteroatoms. The maximum absolute atomic E-state index is 6.43. The molecule has 0 amide bonds. The third-order valence-electron chi connectivity index (χ3n) is 3.36. The molecule has 0 bridgehead atoms. The van der Waals surface area contributed by atoms with E-state index >= 15 is 0 Å². The van der Waals surface area contributed by atoms with Gasteiger partial charge in [-0.05, 0) is 37.3 Å². The zero-order chi connectivity index (χ0) is 14.4. The van der Waals surface area contributed by atoms with Crippen LogP contribution in [-0.4, -0.2) is 19.1 Å². The molecule has 108 valence electrons. The standard InChI is InChI=1S/C16H27ClN2/c1-5-14(18)10-13-8-7-9-15(17)16(13)19(6-2)11-12(3)4/h7-9,12,14H,5-6,10-11,18H2,1-4H3. The Morgan fingerprint density at radius 3 is 2.47 bits per heavy atom. The van der Waals surface area contributed by atoms with Crippen molar-refractivity contribution in [2.24, 2.45) is 11.7 Å². The van der Waals surface area contributed by atoms with Crippen molar-refractivity contribution in [3.05, 3.63) is 28.8 Å². The van der Waals surface area contributed by atoms with Gasteiger partial charge in [-0.1, -0.05) is 44.5 Å². The maximum atomic E-state index is 6.43. The smallest absolute Gasteiger partial charge is 0.0642 e. The minimum atomic E-state index is 0.204. The van der Waals surface area contributed by atoms with E-state index in [9.17, 15) is 0 Å². The molecule has 0 fully saturated rings. The summed E-state index contributed by atoms with van der Waals surface area (Å²) in [6, 6.07) is 6.35. The van der Waals surface area contributed by atoms with Crippen LogP contribution >= 0.6 is 11.6 Å². The van der Waals surface area contributed by atoms with Crippen LogP contribution in [0.2, 0.25) is 5.02 Å². The van der Waals surface area contributed by atoms with E-state index in [2.05, 4.69) is 38.7 Å². The van der Waals surface area contributed by atoms with E-state index in [-0.39, 0.29) is 6.04 Å². The SMILES string of the molecule is CCC(N)Cc1cccc(Cl)c1N(CC)CC(C)C. The molecule has 0 heterocycles. The molecule has 1 aromatic carbocycles. The quantitative estimate of drug-likeness (QED) is 0.816. The van der Waals surface area contributed by atoms with Gasteiger partial charge in [-0.15, -0.1) is 0 Å². The van der Waals surface area contributed by atoms with Crippen molar-refractivity contribution in [3.63, 3.8) is 0 Å². The summed E-state index contributed by atoms with van der Waals surface area (Å²) in [5.41, 5.74) is 8.54. The minimum Gasteiger partial charge on any atom is -0.370 e. The number of hydrogen-bond acceptors (Lipinski definition) is 2. The Morgan fingerprint density at radius 1 is 1.26 bits per heavy atom. The van der Waals surface area contributed by atoms with Crippen molar-refractivity contribution in [1.29, 1.82) is 0 Å². The fourth-order valence-corrected chi connectivity index (χ4v) is 2.64. The molecule has 0 aliphatic carbocycles. The van der Waals surface area contributed by atoms with Crippen LogP contribution in [0.25, 0.3) is 0 Å². The highest BCUT2D eigenvalue weighted by atomic mass is 35.5. The summed E-state index contributed by atoms with van der Waals surface area (Å²) in [7, 11) is 0. The van der Waals surface area contributed by atoms with E-state index in [1.165, 1.54) is 11.3 Å². The number of anilines is 1. The molecule has 0 aliphatic heterocycles. The van der Waals surface area contributed by atoms with Gasteiger partial charge in [0.1, 0.15) is 0 Å². The van der Waals surface area contributed by atoms with E-state index in [1.54, 1.807) is 0 Å². The van der Waals surface area contributed by atoms with Gasteiger partial charge in [-0.3, -0.25) is 0 Å². The highest BCUT2D eigenvalue weighted by Gasteiger charge is 2.16. The Labute approximate surface area is 122 Å². The largest absolute Gasteiger partial charge is 0.370 e. The molecule has 19 heavy (non-hydrogen) atoms. The van der Waals surface area contributed by atoms with Crippen LogP contribution in [0.15, 0.2) is 18.2 Å². The zero-order valence-electron chi connectivity index (χ0n) is 12.6. The van der Waals surface area contributed by atoms with Crippen LogP contribution in [-0.2, 0) is 6.42 Å². The van der Waals surface area contributed by atoms with Crippen molar-refractivity contribution in [1.82, 2.24) is 0 Å². The second kappa shape index (κ2) is 7.76. The Balaban J connectivity index is 3.08. The number of para-hydroxylation sites is 1. The maximum Gasteiger partial charge on any atom is 0.0642 e. The predicted molar refractivity (Wildman–Crippen MR) is 86.1 cm³/mol. The molecule has 1 atom stereocenters. The van der Waals surface area contributed by atoms with E-state index in [1.807, 2.05) is 12.1 Å². The topological polar surface area (TPSA) is 29.3 Å². The number of nitrogens with zero attached hydrogens (tertiary/aromatic N) is 1. The molecular weight excluding hydrogens is 256 g/mol. The normalized spacial score (nSPS) is 12.8. The number of hydrogen-bond donors (Lipinski definition) is 1. The molecular formula is C16H27ClN2. The van der Waals surface area contributed by atoms with Gasteiger partial charge in [0, 0.05) is 19.1 Å². The van der Waals surface area contributed by atoms with Gasteiger partial charge >= 0.3 is 0 Å². The lowest BCUT2D eigenvalue weighted by Gasteiger charge is -2.29. The lowest BCUT2D eigenvalue weighted by molar-refractivity contribution is 0.611. The van der Waals surface area contributed by atoms with Crippen LogP contribution in [0, 0.1) is 5.92 Å². The Hall–Kier alpha value is -0.730. The van der Waals surface area contributed by atoms with Crippen LogP contribution < -0.4 is 10.6 Å². The summed E-state index contributed by atoms with van der Waals surface area (Å²) in [5.74, 6) is 0.615. The van der Waals surface area contributed by atoms with Gasteiger partial charge < -0.3 is 10.6 Å². The highest BCUT2D eigenvalue weighted by molar-refractivity contribution is 6.33. The lowest BCUT2D eigenvalue weighted by Crippen LogP contribution is -2.30. The predicted octanol–water partition coefficient (Wildman–Crippen LogP) is 4.10. The molecule has 0 saturated heterocycles. The molecule has 2 nitrogen and oxygen atoms in total. The summed E-state index contributed by atoms with van der Waals surface area (Å²) in [4.78, 5) is 2.37. The third kappa shape index (κ3) is 4.70. The molecule has 1 rings (SSSR count). The van der Waals surface area contributed by atoms with Crippen molar-refractivity contribution >= 4 is 17.3 Å². The van der Waals surface area contributed by atoms with Crippen LogP contribution in [0.1, 0.15) is 39.7 Å². The van der Waals surface area contributed by atoms with E-state index in [0.717, 1.165) is 31.0 Å². The second-order valence-corrected chi connectivity index (χ2v) is 5.96. The summed E-state index contributed by atoms with van der Waals surface area (Å²) in [5, 5.41) is 0.836. The number of rotatable bonds is 7. The van der Waals surface area contributed by atoms with E-state index in [4.69, 9.17) is 17.3 Å². The molecule has 0 aromatic heterocycles. The van der Waals surface area contributed by atoms with Crippen LogP contribution in [0.4, 0.5) is 5.69 Å². The van der Waals surface area contributed by atoms with Crippen molar-refractivity contribution in [2.45, 2.75) is 46.6 Å². The molecule has 0 spiro atoms. The minimum absolute atomic E-state index is 0.204. The van der Waals surface area contributed by atoms with Gasteiger partial charge in [-0.25, -0.2) is 0 Å². The lowest BCUT2D eigenvalue weighted by atomic mass is 10.0. The second-order valence-electron chi connectivity index (χ2n) is 5.55. The number of halogens is 1. The van der Waals surface area contributed by atoms with E-state index in [0.29, 0.717) is 5.92 Å². The van der Waals surface area contributed by atoms with Crippen LogP contribution in [0.3, 0.4) is 0 Å². The first-order valence-corrected chi connectivity index (χ1v) is 7.65. The first-order chi connectivity index (χ1) is 8.99. The van der Waals surface area contributed by atoms with Crippen molar-refractivity contribution < 1.29 is 0 Å². The molecule has 2 N–H and O–H groups in total. The summed E-state index contributed by atoms with van der Waals surface area (Å²) < 4.78 is 0. The van der Waals surface area contributed by atoms with Crippen molar-refractivity contribution in [2.75, 3.05) is 18.0 Å². The Morgan fingerprint density at radius 2 is 1.95 bits per heavy atom. The highest BCUT2D eigenvalue weighted by Crippen LogP contribution is 2.31. The van der Waals surface area contributed by atoms with Crippen LogP contribution in [0.5, 0.6) is 0 Å². The molecule has 0 aliphatic rings. The molecule has 0 radical (unpaired) electrons. The fourth-order valence-electron chi connectivity index (χ4n) is 2.32.